The van der Waals surface area contributed by atoms with Crippen LogP contribution < -0.4 is 10.6 Å². The van der Waals surface area contributed by atoms with E-state index < -0.39 is 6.04 Å². The minimum Gasteiger partial charge on any atom is -0.353 e. The number of rotatable bonds is 11. The van der Waals surface area contributed by atoms with Crippen LogP contribution in [0.5, 0.6) is 0 Å². The zero-order valence-corrected chi connectivity index (χ0v) is 18.5. The molecule has 0 radical (unpaired) electrons. The van der Waals surface area contributed by atoms with Gasteiger partial charge in [0, 0.05) is 25.2 Å². The molecule has 1 unspecified atom stereocenters. The lowest BCUT2D eigenvalue weighted by molar-refractivity contribution is -0.123. The molecule has 0 aromatic heterocycles. The molecule has 7 heteroatoms. The van der Waals surface area contributed by atoms with E-state index in [9.17, 15) is 9.59 Å². The maximum atomic E-state index is 12.6. The number of nitrogens with zero attached hydrogens (tertiary/aromatic N) is 1. The van der Waals surface area contributed by atoms with E-state index in [0.717, 1.165) is 12.3 Å². The molecule has 1 rings (SSSR count). The molecule has 0 saturated heterocycles. The monoisotopic (exact) mass is 413 g/mol. The van der Waals surface area contributed by atoms with Gasteiger partial charge in [-0.25, -0.2) is 0 Å². The van der Waals surface area contributed by atoms with Gasteiger partial charge in [0.15, 0.2) is 0 Å². The van der Waals surface area contributed by atoms with Crippen LogP contribution in [-0.2, 0) is 4.79 Å². The molecule has 2 amide bonds. The van der Waals surface area contributed by atoms with Gasteiger partial charge < -0.3 is 10.6 Å². The van der Waals surface area contributed by atoms with E-state index >= 15 is 0 Å². The molecule has 0 aliphatic carbocycles. The molecule has 1 aromatic rings. The Morgan fingerprint density at radius 1 is 1.15 bits per heavy atom. The second-order valence-electron chi connectivity index (χ2n) is 7.00. The number of carbonyl (C=O) groups is 2. The summed E-state index contributed by atoms with van der Waals surface area (Å²) in [7, 11) is 0. The minimum absolute atomic E-state index is 0.156. The van der Waals surface area contributed by atoms with Gasteiger partial charge in [0.25, 0.3) is 5.91 Å². The largest absolute Gasteiger partial charge is 0.353 e. The average Bonchev–Trinajstić information content (AvgIpc) is 2.61. The Bertz CT molecular complexity index is 603. The van der Waals surface area contributed by atoms with Crippen LogP contribution in [0.25, 0.3) is 0 Å². The van der Waals surface area contributed by atoms with E-state index in [0.29, 0.717) is 35.6 Å². The van der Waals surface area contributed by atoms with Crippen LogP contribution in [0.3, 0.4) is 0 Å². The van der Waals surface area contributed by atoms with Gasteiger partial charge in [-0.2, -0.15) is 11.8 Å². The highest BCUT2D eigenvalue weighted by molar-refractivity contribution is 7.98. The van der Waals surface area contributed by atoms with Gasteiger partial charge in [0.05, 0.1) is 10.6 Å². The number of amides is 2. The molecule has 0 bridgehead atoms. The quantitative estimate of drug-likeness (QED) is 0.583. The summed E-state index contributed by atoms with van der Waals surface area (Å²) in [6, 6.07) is 7.09. The normalized spacial score (nSPS) is 12.5. The van der Waals surface area contributed by atoms with Gasteiger partial charge in [-0.05, 0) is 58.3 Å². The first-order valence-electron chi connectivity index (χ1n) is 9.35. The fourth-order valence-electron chi connectivity index (χ4n) is 2.93. The highest BCUT2D eigenvalue weighted by atomic mass is 35.5. The fourth-order valence-corrected chi connectivity index (χ4v) is 3.62. The molecule has 0 fully saturated rings. The third kappa shape index (κ3) is 8.11. The van der Waals surface area contributed by atoms with E-state index in [-0.39, 0.29) is 11.8 Å². The van der Waals surface area contributed by atoms with Crippen molar-refractivity contribution in [1.29, 1.82) is 0 Å². The van der Waals surface area contributed by atoms with Crippen molar-refractivity contribution in [3.8, 4) is 0 Å². The summed E-state index contributed by atoms with van der Waals surface area (Å²) < 4.78 is 0. The molecule has 27 heavy (non-hydrogen) atoms. The second-order valence-corrected chi connectivity index (χ2v) is 8.40. The number of nitrogens with one attached hydrogen (secondary N) is 2. The number of hydrogen-bond donors (Lipinski definition) is 2. The molecule has 152 valence electrons. The molecule has 1 aromatic carbocycles. The van der Waals surface area contributed by atoms with Crippen molar-refractivity contribution in [2.75, 3.05) is 25.1 Å². The SMILES string of the molecule is CSCCC(NC(=O)c1ccccc1Cl)C(=O)NCCN(C(C)C)C(C)C. The predicted molar refractivity (Wildman–Crippen MR) is 116 cm³/mol. The third-order valence-electron chi connectivity index (χ3n) is 4.35. The van der Waals surface area contributed by atoms with E-state index in [1.54, 1.807) is 36.0 Å². The molecule has 0 spiro atoms. The average molecular weight is 414 g/mol. The Morgan fingerprint density at radius 2 is 1.78 bits per heavy atom. The highest BCUT2D eigenvalue weighted by Crippen LogP contribution is 2.15. The Kier molecular flexibility index (Phi) is 10.8. The summed E-state index contributed by atoms with van der Waals surface area (Å²) in [6.07, 6.45) is 2.55. The lowest BCUT2D eigenvalue weighted by Crippen LogP contribution is -2.49. The predicted octanol–water partition coefficient (Wildman–Crippen LogP) is 3.43. The van der Waals surface area contributed by atoms with Gasteiger partial charge in [-0.3, -0.25) is 14.5 Å². The van der Waals surface area contributed by atoms with E-state index in [1.807, 2.05) is 6.26 Å². The highest BCUT2D eigenvalue weighted by Gasteiger charge is 2.22. The van der Waals surface area contributed by atoms with Crippen molar-refractivity contribution in [3.63, 3.8) is 0 Å². The maximum absolute atomic E-state index is 12.6. The molecular weight excluding hydrogens is 382 g/mol. The summed E-state index contributed by atoms with van der Waals surface area (Å²) in [5.41, 5.74) is 0.381. The summed E-state index contributed by atoms with van der Waals surface area (Å²) in [6.45, 7) is 9.90. The van der Waals surface area contributed by atoms with Gasteiger partial charge in [-0.15, -0.1) is 0 Å². The topological polar surface area (TPSA) is 61.4 Å². The van der Waals surface area contributed by atoms with E-state index in [2.05, 4.69) is 43.2 Å². The van der Waals surface area contributed by atoms with Crippen molar-refractivity contribution in [1.82, 2.24) is 15.5 Å². The number of thioether (sulfide) groups is 1. The zero-order valence-electron chi connectivity index (χ0n) is 16.9. The molecule has 0 saturated carbocycles. The number of benzene rings is 1. The van der Waals surface area contributed by atoms with Crippen molar-refractivity contribution < 1.29 is 9.59 Å². The molecule has 0 aliphatic rings. The number of hydrogen-bond acceptors (Lipinski definition) is 4. The van der Waals surface area contributed by atoms with Crippen LogP contribution in [-0.4, -0.2) is 59.9 Å². The minimum atomic E-state index is -0.576. The fraction of sp³-hybridized carbons (Fsp3) is 0.600. The lowest BCUT2D eigenvalue weighted by Gasteiger charge is -2.30. The van der Waals surface area contributed by atoms with Crippen LogP contribution in [0.2, 0.25) is 5.02 Å². The van der Waals surface area contributed by atoms with Crippen LogP contribution in [0, 0.1) is 0 Å². The molecule has 2 N–H and O–H groups in total. The smallest absolute Gasteiger partial charge is 0.253 e. The van der Waals surface area contributed by atoms with Crippen molar-refractivity contribution >= 4 is 35.2 Å². The number of carbonyl (C=O) groups excluding carboxylic acids is 2. The van der Waals surface area contributed by atoms with Crippen LogP contribution >= 0.6 is 23.4 Å². The Labute approximate surface area is 172 Å². The van der Waals surface area contributed by atoms with Gasteiger partial charge >= 0.3 is 0 Å². The molecule has 0 aliphatic heterocycles. The van der Waals surface area contributed by atoms with Crippen molar-refractivity contribution in [2.24, 2.45) is 0 Å². The van der Waals surface area contributed by atoms with Gasteiger partial charge in [0.2, 0.25) is 5.91 Å². The van der Waals surface area contributed by atoms with E-state index in [4.69, 9.17) is 11.6 Å². The molecule has 1 atom stereocenters. The number of halogens is 1. The Hall–Kier alpha value is -1.24. The summed E-state index contributed by atoms with van der Waals surface area (Å²) in [4.78, 5) is 27.5. The third-order valence-corrected chi connectivity index (χ3v) is 5.32. The molecule has 0 heterocycles. The molecule has 5 nitrogen and oxygen atoms in total. The second kappa shape index (κ2) is 12.3. The molecular formula is C20H32ClN3O2S. The first kappa shape index (κ1) is 23.8. The summed E-state index contributed by atoms with van der Waals surface area (Å²) in [5.74, 6) is 0.301. The van der Waals surface area contributed by atoms with Gasteiger partial charge in [0.1, 0.15) is 6.04 Å². The van der Waals surface area contributed by atoms with Crippen molar-refractivity contribution in [2.45, 2.75) is 52.2 Å². The summed E-state index contributed by atoms with van der Waals surface area (Å²) >= 11 is 7.74. The van der Waals surface area contributed by atoms with E-state index in [1.165, 1.54) is 0 Å². The first-order valence-corrected chi connectivity index (χ1v) is 11.1. The van der Waals surface area contributed by atoms with Crippen molar-refractivity contribution in [3.05, 3.63) is 34.9 Å². The first-order chi connectivity index (χ1) is 12.8. The van der Waals surface area contributed by atoms with Crippen LogP contribution in [0.15, 0.2) is 24.3 Å². The lowest BCUT2D eigenvalue weighted by atomic mass is 10.1. The summed E-state index contributed by atoms with van der Waals surface area (Å²) in [5, 5.41) is 6.17. The van der Waals surface area contributed by atoms with Crippen LogP contribution in [0.1, 0.15) is 44.5 Å². The zero-order chi connectivity index (χ0) is 20.4. The maximum Gasteiger partial charge on any atom is 0.253 e. The Morgan fingerprint density at radius 3 is 2.33 bits per heavy atom. The Balaban J connectivity index is 2.68. The standard InChI is InChI=1S/C20H32ClN3O2S/c1-14(2)24(15(3)4)12-11-22-20(26)18(10-13-27-5)23-19(25)16-8-6-7-9-17(16)21/h6-9,14-15,18H,10-13H2,1-5H3,(H,22,26)(H,23,25). The van der Waals surface area contributed by atoms with Crippen LogP contribution in [0.4, 0.5) is 0 Å². The van der Waals surface area contributed by atoms with Gasteiger partial charge in [-0.1, -0.05) is 23.7 Å².